The van der Waals surface area contributed by atoms with Crippen LogP contribution in [-0.4, -0.2) is 26.7 Å². The van der Waals surface area contributed by atoms with Crippen molar-refractivity contribution in [3.8, 4) is 11.5 Å². The summed E-state index contributed by atoms with van der Waals surface area (Å²) in [7, 11) is 3.91. The summed E-state index contributed by atoms with van der Waals surface area (Å²) in [4.78, 5) is 14.4. The van der Waals surface area contributed by atoms with Crippen molar-refractivity contribution in [2.45, 2.75) is 45.4 Å². The predicted molar refractivity (Wildman–Crippen MR) is 142 cm³/mol. The number of anilines is 1. The summed E-state index contributed by atoms with van der Waals surface area (Å²) in [5, 5.41) is 8.19. The molecule has 0 atom stereocenters. The fourth-order valence-electron chi connectivity index (χ4n) is 3.49. The number of hydrogen-bond acceptors (Lipinski definition) is 6. The standard InChI is InChI=1S/C29H34FN3O3/c1-4-5-6-7-8-9-20-35-26-17-10-22(11-18-26)29(34)36-28-19-14-24(21-27(28)30)32-31-23-12-15-25(16-13-23)33(2)3/h10-19,21H,4-9,20H2,1-3H3/b32-31+. The highest BCUT2D eigenvalue weighted by Gasteiger charge is 2.13. The van der Waals surface area contributed by atoms with Crippen LogP contribution in [0.1, 0.15) is 55.8 Å². The van der Waals surface area contributed by atoms with Gasteiger partial charge in [-0.05, 0) is 67.1 Å². The molecular formula is C29H34FN3O3. The minimum absolute atomic E-state index is 0.169. The van der Waals surface area contributed by atoms with Gasteiger partial charge in [0.2, 0.25) is 0 Å². The van der Waals surface area contributed by atoms with Gasteiger partial charge in [0.25, 0.3) is 0 Å². The summed E-state index contributed by atoms with van der Waals surface area (Å²) in [6.45, 7) is 2.85. The van der Waals surface area contributed by atoms with Crippen molar-refractivity contribution in [2.24, 2.45) is 10.2 Å². The topological polar surface area (TPSA) is 63.5 Å². The van der Waals surface area contributed by atoms with Gasteiger partial charge in [-0.25, -0.2) is 9.18 Å². The second-order valence-corrected chi connectivity index (χ2v) is 8.76. The SMILES string of the molecule is CCCCCCCCOc1ccc(C(=O)Oc2ccc(/N=N/c3ccc(N(C)C)cc3)cc2F)cc1. The average Bonchev–Trinajstić information content (AvgIpc) is 2.89. The van der Waals surface area contributed by atoms with E-state index in [-0.39, 0.29) is 5.75 Å². The first kappa shape index (κ1) is 26.9. The van der Waals surface area contributed by atoms with Gasteiger partial charge in [0.1, 0.15) is 5.75 Å². The molecule has 0 bridgehead atoms. The van der Waals surface area contributed by atoms with Gasteiger partial charge in [-0.15, -0.1) is 0 Å². The zero-order valence-electron chi connectivity index (χ0n) is 21.2. The Morgan fingerprint density at radius 3 is 2.14 bits per heavy atom. The van der Waals surface area contributed by atoms with Gasteiger partial charge in [0, 0.05) is 25.8 Å². The fourth-order valence-corrected chi connectivity index (χ4v) is 3.49. The van der Waals surface area contributed by atoms with Crippen molar-refractivity contribution in [3.05, 3.63) is 78.1 Å². The van der Waals surface area contributed by atoms with E-state index in [2.05, 4.69) is 17.2 Å². The number of halogens is 1. The van der Waals surface area contributed by atoms with Crippen LogP contribution < -0.4 is 14.4 Å². The van der Waals surface area contributed by atoms with E-state index in [1.54, 1.807) is 30.3 Å². The molecule has 7 heteroatoms. The first-order valence-corrected chi connectivity index (χ1v) is 12.4. The molecule has 36 heavy (non-hydrogen) atoms. The number of unbranched alkanes of at least 4 members (excludes halogenated alkanes) is 5. The van der Waals surface area contributed by atoms with Crippen LogP contribution in [0.15, 0.2) is 77.0 Å². The highest BCUT2D eigenvalue weighted by Crippen LogP contribution is 2.26. The van der Waals surface area contributed by atoms with E-state index in [1.807, 2.05) is 43.3 Å². The summed E-state index contributed by atoms with van der Waals surface area (Å²) < 4.78 is 25.5. The first-order valence-electron chi connectivity index (χ1n) is 12.4. The van der Waals surface area contributed by atoms with Crippen molar-refractivity contribution >= 4 is 23.0 Å². The third-order valence-electron chi connectivity index (χ3n) is 5.62. The lowest BCUT2D eigenvalue weighted by atomic mass is 10.1. The summed E-state index contributed by atoms with van der Waals surface area (Å²) >= 11 is 0. The molecule has 0 fully saturated rings. The van der Waals surface area contributed by atoms with E-state index in [0.717, 1.165) is 18.5 Å². The number of esters is 1. The van der Waals surface area contributed by atoms with Crippen LogP contribution in [0.4, 0.5) is 21.5 Å². The Labute approximate surface area is 212 Å². The van der Waals surface area contributed by atoms with Crippen LogP contribution in [0.3, 0.4) is 0 Å². The van der Waals surface area contributed by atoms with E-state index in [4.69, 9.17) is 9.47 Å². The lowest BCUT2D eigenvalue weighted by Crippen LogP contribution is -2.09. The molecule has 0 aliphatic heterocycles. The molecule has 6 nitrogen and oxygen atoms in total. The third kappa shape index (κ3) is 8.48. The molecule has 3 rings (SSSR count). The number of ether oxygens (including phenoxy) is 2. The first-order chi connectivity index (χ1) is 17.5. The summed E-state index contributed by atoms with van der Waals surface area (Å²) in [5.41, 5.74) is 2.32. The van der Waals surface area contributed by atoms with Gasteiger partial charge in [0.05, 0.1) is 23.5 Å². The average molecular weight is 492 g/mol. The zero-order valence-corrected chi connectivity index (χ0v) is 21.2. The van der Waals surface area contributed by atoms with Crippen molar-refractivity contribution in [3.63, 3.8) is 0 Å². The number of carbonyl (C=O) groups is 1. The number of hydrogen-bond donors (Lipinski definition) is 0. The molecule has 190 valence electrons. The van der Waals surface area contributed by atoms with E-state index in [0.29, 0.717) is 29.3 Å². The molecule has 0 amide bonds. The minimum atomic E-state index is -0.693. The summed E-state index contributed by atoms with van der Waals surface area (Å²) in [5.74, 6) is -0.816. The molecule has 0 unspecified atom stereocenters. The molecule has 0 N–H and O–H groups in total. The maximum atomic E-state index is 14.5. The Morgan fingerprint density at radius 2 is 1.47 bits per heavy atom. The Hall–Kier alpha value is -3.74. The second-order valence-electron chi connectivity index (χ2n) is 8.76. The molecule has 0 aromatic heterocycles. The van der Waals surface area contributed by atoms with Crippen molar-refractivity contribution in [1.29, 1.82) is 0 Å². The lowest BCUT2D eigenvalue weighted by Gasteiger charge is -2.11. The van der Waals surface area contributed by atoms with Crippen LogP contribution in [-0.2, 0) is 0 Å². The minimum Gasteiger partial charge on any atom is -0.494 e. The molecule has 3 aromatic carbocycles. The Bertz CT molecular complexity index is 1130. The van der Waals surface area contributed by atoms with Crippen molar-refractivity contribution in [1.82, 2.24) is 0 Å². The summed E-state index contributed by atoms with van der Waals surface area (Å²) in [6, 6.07) is 18.3. The molecule has 0 radical (unpaired) electrons. The smallest absolute Gasteiger partial charge is 0.343 e. The Kier molecular flexibility index (Phi) is 10.4. The Balaban J connectivity index is 1.50. The number of rotatable bonds is 13. The molecule has 3 aromatic rings. The molecule has 0 spiro atoms. The monoisotopic (exact) mass is 491 g/mol. The van der Waals surface area contributed by atoms with Gasteiger partial charge in [-0.3, -0.25) is 0 Å². The van der Waals surface area contributed by atoms with Gasteiger partial charge >= 0.3 is 5.97 Å². The fraction of sp³-hybridized carbons (Fsp3) is 0.345. The number of benzene rings is 3. The summed E-state index contributed by atoms with van der Waals surface area (Å²) in [6.07, 6.45) is 7.18. The number of nitrogens with zero attached hydrogens (tertiary/aromatic N) is 3. The zero-order chi connectivity index (χ0) is 25.8. The highest BCUT2D eigenvalue weighted by atomic mass is 19.1. The maximum Gasteiger partial charge on any atom is 0.343 e. The number of carbonyl (C=O) groups excluding carboxylic acids is 1. The van der Waals surface area contributed by atoms with Gasteiger partial charge in [-0.1, -0.05) is 39.0 Å². The highest BCUT2D eigenvalue weighted by molar-refractivity contribution is 5.91. The van der Waals surface area contributed by atoms with E-state index in [1.165, 1.54) is 37.8 Å². The largest absolute Gasteiger partial charge is 0.494 e. The molecule has 0 heterocycles. The second kappa shape index (κ2) is 14.0. The van der Waals surface area contributed by atoms with Crippen LogP contribution >= 0.6 is 0 Å². The maximum absolute atomic E-state index is 14.5. The lowest BCUT2D eigenvalue weighted by molar-refractivity contribution is 0.0728. The molecule has 0 saturated heterocycles. The Morgan fingerprint density at radius 1 is 0.833 bits per heavy atom. The number of azo groups is 1. The normalized spacial score (nSPS) is 11.0. The van der Waals surface area contributed by atoms with Crippen LogP contribution in [0.5, 0.6) is 11.5 Å². The van der Waals surface area contributed by atoms with E-state index < -0.39 is 11.8 Å². The van der Waals surface area contributed by atoms with Gasteiger partial charge in [-0.2, -0.15) is 10.2 Å². The van der Waals surface area contributed by atoms with Gasteiger partial charge < -0.3 is 14.4 Å². The third-order valence-corrected chi connectivity index (χ3v) is 5.62. The predicted octanol–water partition coefficient (Wildman–Crippen LogP) is 8.27. The molecular weight excluding hydrogens is 457 g/mol. The van der Waals surface area contributed by atoms with E-state index in [9.17, 15) is 9.18 Å². The van der Waals surface area contributed by atoms with E-state index >= 15 is 0 Å². The van der Waals surface area contributed by atoms with Gasteiger partial charge in [0.15, 0.2) is 11.6 Å². The van der Waals surface area contributed by atoms with Crippen LogP contribution in [0.25, 0.3) is 0 Å². The molecule has 0 saturated carbocycles. The van der Waals surface area contributed by atoms with Crippen LogP contribution in [0, 0.1) is 5.82 Å². The van der Waals surface area contributed by atoms with Crippen molar-refractivity contribution < 1.29 is 18.7 Å². The quantitative estimate of drug-likeness (QED) is 0.104. The van der Waals surface area contributed by atoms with Crippen molar-refractivity contribution in [2.75, 3.05) is 25.6 Å². The van der Waals surface area contributed by atoms with Crippen LogP contribution in [0.2, 0.25) is 0 Å². The molecule has 0 aliphatic rings. The molecule has 0 aliphatic carbocycles.